The number of nitrogens with two attached hydrogens (primary N) is 2. The summed E-state index contributed by atoms with van der Waals surface area (Å²) in [5.74, 6) is 3.15. The SMILES string of the molecule is COc1ccc(C(c2cc(C(C)C)c(N)c(C(C)C)c2)c2cc(C(C)C)c(N=C3C(=Nc4c(C(C)C)cc(C(c5ccc(OC)cc5)c5cc(C(C)C)c(N)c(C(C)C)c5)cc4C(C)C)c4cccc5cccc3c45)c(C(C)C)c2)cc1. The highest BCUT2D eigenvalue weighted by atomic mass is 16.5. The van der Waals surface area contributed by atoms with Gasteiger partial charge in [-0.2, -0.15) is 0 Å². The van der Waals surface area contributed by atoms with E-state index in [-0.39, 0.29) is 59.2 Å². The highest BCUT2D eigenvalue weighted by Crippen LogP contribution is 2.48. The van der Waals surface area contributed by atoms with Crippen LogP contribution in [0, 0.1) is 0 Å². The summed E-state index contributed by atoms with van der Waals surface area (Å²) in [4.78, 5) is 12.1. The Labute approximate surface area is 491 Å². The molecule has 0 saturated heterocycles. The molecule has 0 bridgehead atoms. The van der Waals surface area contributed by atoms with Gasteiger partial charge in [-0.25, -0.2) is 9.98 Å². The van der Waals surface area contributed by atoms with E-state index in [1.807, 2.05) is 0 Å². The van der Waals surface area contributed by atoms with E-state index in [1.165, 1.54) is 88.7 Å². The Hall–Kier alpha value is -7.44. The van der Waals surface area contributed by atoms with Crippen molar-refractivity contribution in [1.29, 1.82) is 0 Å². The molecule has 4 N–H and O–H groups in total. The molecule has 6 nitrogen and oxygen atoms in total. The summed E-state index contributed by atoms with van der Waals surface area (Å²) in [6.45, 7) is 36.5. The van der Waals surface area contributed by atoms with Gasteiger partial charge in [-0.3, -0.25) is 0 Å². The molecule has 8 aromatic rings. The first-order chi connectivity index (χ1) is 39.0. The predicted molar refractivity (Wildman–Crippen MR) is 352 cm³/mol. The van der Waals surface area contributed by atoms with Crippen LogP contribution in [0.5, 0.6) is 11.5 Å². The molecule has 0 fully saturated rings. The van der Waals surface area contributed by atoms with Crippen LogP contribution in [0.25, 0.3) is 10.8 Å². The summed E-state index contributed by atoms with van der Waals surface area (Å²) in [5.41, 5.74) is 38.8. The summed E-state index contributed by atoms with van der Waals surface area (Å²) < 4.78 is 11.4. The highest BCUT2D eigenvalue weighted by Gasteiger charge is 2.32. The van der Waals surface area contributed by atoms with Gasteiger partial charge >= 0.3 is 0 Å². The molecule has 2 unspecified atom stereocenters. The quantitative estimate of drug-likeness (QED) is 0.0661. The van der Waals surface area contributed by atoms with E-state index in [0.717, 1.165) is 56.8 Å². The summed E-state index contributed by atoms with van der Waals surface area (Å²) in [7, 11) is 3.46. The Morgan fingerprint density at radius 2 is 0.573 bits per heavy atom. The third-order valence-electron chi connectivity index (χ3n) is 17.2. The lowest BCUT2D eigenvalue weighted by atomic mass is 9.78. The van der Waals surface area contributed by atoms with Gasteiger partial charge in [0, 0.05) is 39.7 Å². The van der Waals surface area contributed by atoms with Crippen LogP contribution in [-0.2, 0) is 0 Å². The van der Waals surface area contributed by atoms with Crippen LogP contribution in [0.4, 0.5) is 22.7 Å². The molecule has 2 atom stereocenters. The molecule has 0 heterocycles. The molecule has 0 radical (unpaired) electrons. The minimum atomic E-state index is -0.0782. The molecule has 8 aromatic carbocycles. The van der Waals surface area contributed by atoms with Gasteiger partial charge in [0.2, 0.25) is 0 Å². The van der Waals surface area contributed by atoms with Gasteiger partial charge in [-0.15, -0.1) is 0 Å². The first kappa shape index (κ1) is 59.2. The van der Waals surface area contributed by atoms with Crippen LogP contribution in [-0.4, -0.2) is 25.6 Å². The minimum absolute atomic E-state index is 0.0782. The fraction of sp³-hybridized carbons (Fsp3) is 0.368. The second-order valence-corrected chi connectivity index (χ2v) is 25.6. The second kappa shape index (κ2) is 24.2. The molecule has 6 heteroatoms. The largest absolute Gasteiger partial charge is 0.497 e. The zero-order chi connectivity index (χ0) is 59.2. The van der Waals surface area contributed by atoms with Crippen molar-refractivity contribution in [2.75, 3.05) is 25.7 Å². The molecule has 0 aromatic heterocycles. The number of rotatable bonds is 18. The average Bonchev–Trinajstić information content (AvgIpc) is 2.42. The van der Waals surface area contributed by atoms with Crippen LogP contribution in [0.2, 0.25) is 0 Å². The first-order valence-electron chi connectivity index (χ1n) is 30.2. The molecule has 0 saturated carbocycles. The number of nitrogens with zero attached hydrogens (tertiary/aromatic N) is 2. The predicted octanol–water partition coefficient (Wildman–Crippen LogP) is 20.6. The van der Waals surface area contributed by atoms with Gasteiger partial charge in [-0.05, 0) is 155 Å². The maximum atomic E-state index is 7.01. The maximum absolute atomic E-state index is 7.01. The van der Waals surface area contributed by atoms with E-state index >= 15 is 0 Å². The zero-order valence-electron chi connectivity index (χ0n) is 52.3. The second-order valence-electron chi connectivity index (χ2n) is 25.6. The van der Waals surface area contributed by atoms with Crippen molar-refractivity contribution in [3.63, 3.8) is 0 Å². The Morgan fingerprint density at radius 1 is 0.317 bits per heavy atom. The minimum Gasteiger partial charge on any atom is -0.497 e. The molecular formula is C76H90N4O2. The Bertz CT molecular complexity index is 3340. The molecule has 0 amide bonds. The fourth-order valence-electron chi connectivity index (χ4n) is 12.6. The molecule has 82 heavy (non-hydrogen) atoms. The molecule has 426 valence electrons. The van der Waals surface area contributed by atoms with E-state index in [9.17, 15) is 0 Å². The number of aliphatic imine (C=N–C) groups is 2. The highest BCUT2D eigenvalue weighted by molar-refractivity contribution is 6.61. The van der Waals surface area contributed by atoms with Crippen LogP contribution in [0.1, 0.15) is 259 Å². The van der Waals surface area contributed by atoms with Crippen molar-refractivity contribution in [2.45, 2.75) is 170 Å². The molecule has 1 aliphatic carbocycles. The van der Waals surface area contributed by atoms with E-state index in [0.29, 0.717) is 0 Å². The summed E-state index contributed by atoms with van der Waals surface area (Å²) in [6, 6.07) is 49.8. The number of methoxy groups -OCH3 is 2. The summed E-state index contributed by atoms with van der Waals surface area (Å²) in [6.07, 6.45) is 0. The lowest BCUT2D eigenvalue weighted by Crippen LogP contribution is -2.13. The number of hydrogen-bond acceptors (Lipinski definition) is 6. The van der Waals surface area contributed by atoms with Gasteiger partial charge in [0.15, 0.2) is 0 Å². The smallest absolute Gasteiger partial charge is 0.118 e. The molecule has 1 aliphatic rings. The van der Waals surface area contributed by atoms with Crippen LogP contribution in [0.15, 0.2) is 143 Å². The van der Waals surface area contributed by atoms with Gasteiger partial charge in [-0.1, -0.05) is 220 Å². The molecule has 0 spiro atoms. The molecule has 9 rings (SSSR count). The Morgan fingerprint density at radius 3 is 0.817 bits per heavy atom. The van der Waals surface area contributed by atoms with Crippen molar-refractivity contribution in [1.82, 2.24) is 0 Å². The van der Waals surface area contributed by atoms with Crippen LogP contribution < -0.4 is 20.9 Å². The number of anilines is 2. The maximum Gasteiger partial charge on any atom is 0.118 e. The van der Waals surface area contributed by atoms with E-state index in [2.05, 4.69) is 244 Å². The van der Waals surface area contributed by atoms with Crippen LogP contribution in [0.3, 0.4) is 0 Å². The summed E-state index contributed by atoms with van der Waals surface area (Å²) >= 11 is 0. The van der Waals surface area contributed by atoms with Gasteiger partial charge in [0.25, 0.3) is 0 Å². The van der Waals surface area contributed by atoms with E-state index in [1.54, 1.807) is 14.2 Å². The molecular weight excluding hydrogens is 1000 g/mol. The van der Waals surface area contributed by atoms with Gasteiger partial charge < -0.3 is 20.9 Å². The van der Waals surface area contributed by atoms with Crippen molar-refractivity contribution >= 4 is 44.9 Å². The zero-order valence-corrected chi connectivity index (χ0v) is 52.3. The fourth-order valence-corrected chi connectivity index (χ4v) is 12.6. The lowest BCUT2D eigenvalue weighted by molar-refractivity contribution is 0.414. The Kier molecular flexibility index (Phi) is 17.5. The van der Waals surface area contributed by atoms with Crippen molar-refractivity contribution < 1.29 is 9.47 Å². The third-order valence-corrected chi connectivity index (χ3v) is 17.2. The normalized spacial score (nSPS) is 14.4. The van der Waals surface area contributed by atoms with E-state index in [4.69, 9.17) is 30.9 Å². The topological polar surface area (TPSA) is 95.2 Å². The van der Waals surface area contributed by atoms with Crippen molar-refractivity contribution in [2.24, 2.45) is 9.98 Å². The van der Waals surface area contributed by atoms with Crippen molar-refractivity contribution in [3.8, 4) is 11.5 Å². The average molecular weight is 1090 g/mol. The van der Waals surface area contributed by atoms with Gasteiger partial charge in [0.05, 0.1) is 37.0 Å². The number of benzene rings is 8. The number of ether oxygens (including phenoxy) is 2. The third kappa shape index (κ3) is 11.4. The van der Waals surface area contributed by atoms with E-state index < -0.39 is 0 Å². The first-order valence-corrected chi connectivity index (χ1v) is 30.2. The molecule has 0 aliphatic heterocycles. The van der Waals surface area contributed by atoms with Crippen molar-refractivity contribution in [3.05, 3.63) is 222 Å². The number of nitrogen functional groups attached to an aromatic ring is 2. The monoisotopic (exact) mass is 1090 g/mol. The summed E-state index contributed by atoms with van der Waals surface area (Å²) in [5, 5.41) is 2.37. The standard InChI is InChI=1S/C76H90N4O2/c1-41(2)60-33-52(34-61(42(3)4)71(60)77)68(50-25-29-56(81-17)30-26-50)54-37-64(45(9)10)73(65(38-54)46(11)12)79-75-58-23-19-21-49-22-20-24-59(70(49)58)76(75)80-74-66(47(13)14)39-55(40-67(74)48(15)16)69(51-27-31-57(82-18)32-28-51)53-35-62(43(5)6)72(78)63(36-53)44(7)8/h19-48,68-69H,77-78H2,1-18H3. The number of hydrogen-bond donors (Lipinski definition) is 2. The van der Waals surface area contributed by atoms with Crippen LogP contribution >= 0.6 is 0 Å². The Balaban J connectivity index is 1.31. The van der Waals surface area contributed by atoms with Gasteiger partial charge in [0.1, 0.15) is 11.5 Å². The lowest BCUT2D eigenvalue weighted by Gasteiger charge is -2.27.